The van der Waals surface area contributed by atoms with E-state index in [1.54, 1.807) is 6.20 Å². The van der Waals surface area contributed by atoms with Crippen molar-refractivity contribution in [1.29, 1.82) is 0 Å². The molecule has 0 aromatic heterocycles. The van der Waals surface area contributed by atoms with Gasteiger partial charge in [0.1, 0.15) is 0 Å². The Morgan fingerprint density at radius 2 is 2.23 bits per heavy atom. The molecular formula is C10H17NO2. The molecule has 0 N–H and O–H groups in total. The summed E-state index contributed by atoms with van der Waals surface area (Å²) in [6.45, 7) is 5.43. The number of rotatable bonds is 5. The average molecular weight is 183 g/mol. The summed E-state index contributed by atoms with van der Waals surface area (Å²) in [6, 6.07) is 0. The average Bonchev–Trinajstić information content (AvgIpc) is 2.17. The predicted molar refractivity (Wildman–Crippen MR) is 52.8 cm³/mol. The highest BCUT2D eigenvalue weighted by molar-refractivity contribution is 5.61. The zero-order valence-corrected chi connectivity index (χ0v) is 8.32. The van der Waals surface area contributed by atoms with E-state index in [0.29, 0.717) is 13.0 Å². The third-order valence-electron chi connectivity index (χ3n) is 1.83. The van der Waals surface area contributed by atoms with Crippen LogP contribution in [0.15, 0.2) is 17.3 Å². The van der Waals surface area contributed by atoms with Gasteiger partial charge >= 0.3 is 0 Å². The van der Waals surface area contributed by atoms with E-state index in [-0.39, 0.29) is 0 Å². The fraction of sp³-hybridized carbons (Fsp3) is 0.700. The second-order valence-corrected chi connectivity index (χ2v) is 2.94. The molecule has 0 amide bonds. The largest absolute Gasteiger partial charge is 0.346 e. The molecular weight excluding hydrogens is 166 g/mol. The molecule has 0 aliphatic carbocycles. The van der Waals surface area contributed by atoms with Crippen LogP contribution in [0, 0.1) is 0 Å². The minimum Gasteiger partial charge on any atom is -0.346 e. The van der Waals surface area contributed by atoms with Crippen LogP contribution in [0.5, 0.6) is 0 Å². The first-order chi connectivity index (χ1) is 6.33. The summed E-state index contributed by atoms with van der Waals surface area (Å²) >= 11 is 0. The molecule has 1 heterocycles. The Morgan fingerprint density at radius 1 is 1.38 bits per heavy atom. The van der Waals surface area contributed by atoms with Crippen molar-refractivity contribution in [2.75, 3.05) is 13.2 Å². The van der Waals surface area contributed by atoms with Gasteiger partial charge in [0.25, 0.3) is 0 Å². The highest BCUT2D eigenvalue weighted by Crippen LogP contribution is 2.21. The SMILES string of the molecule is CCCOC1(OCC)C=CN=CC1. The number of hydrogen-bond donors (Lipinski definition) is 0. The summed E-state index contributed by atoms with van der Waals surface area (Å²) in [4.78, 5) is 4.00. The van der Waals surface area contributed by atoms with E-state index in [1.807, 2.05) is 19.2 Å². The topological polar surface area (TPSA) is 30.8 Å². The van der Waals surface area contributed by atoms with Gasteiger partial charge in [-0.2, -0.15) is 0 Å². The molecule has 0 bridgehead atoms. The van der Waals surface area contributed by atoms with Gasteiger partial charge in [0.05, 0.1) is 6.61 Å². The van der Waals surface area contributed by atoms with Crippen molar-refractivity contribution in [3.63, 3.8) is 0 Å². The smallest absolute Gasteiger partial charge is 0.194 e. The highest BCUT2D eigenvalue weighted by atomic mass is 16.7. The van der Waals surface area contributed by atoms with Crippen molar-refractivity contribution in [3.8, 4) is 0 Å². The van der Waals surface area contributed by atoms with Crippen LogP contribution in [0.1, 0.15) is 26.7 Å². The van der Waals surface area contributed by atoms with Crippen molar-refractivity contribution in [2.45, 2.75) is 32.5 Å². The Morgan fingerprint density at radius 3 is 2.77 bits per heavy atom. The molecule has 74 valence electrons. The van der Waals surface area contributed by atoms with E-state index in [4.69, 9.17) is 9.47 Å². The predicted octanol–water partition coefficient (Wildman–Crippen LogP) is 2.13. The van der Waals surface area contributed by atoms with Gasteiger partial charge in [-0.05, 0) is 19.4 Å². The van der Waals surface area contributed by atoms with Crippen molar-refractivity contribution >= 4 is 6.21 Å². The van der Waals surface area contributed by atoms with Crippen LogP contribution in [0.4, 0.5) is 0 Å². The maximum absolute atomic E-state index is 5.66. The lowest BCUT2D eigenvalue weighted by Crippen LogP contribution is -2.35. The molecule has 1 unspecified atom stereocenters. The van der Waals surface area contributed by atoms with Crippen LogP contribution in [-0.2, 0) is 9.47 Å². The lowest BCUT2D eigenvalue weighted by Gasteiger charge is -2.30. The molecule has 0 radical (unpaired) electrons. The fourth-order valence-corrected chi connectivity index (χ4v) is 1.24. The third kappa shape index (κ3) is 2.94. The lowest BCUT2D eigenvalue weighted by atomic mass is 10.1. The number of nitrogens with zero attached hydrogens (tertiary/aromatic N) is 1. The van der Waals surface area contributed by atoms with Gasteiger partial charge in [-0.15, -0.1) is 0 Å². The molecule has 3 nitrogen and oxygen atoms in total. The summed E-state index contributed by atoms with van der Waals surface area (Å²) in [5.74, 6) is -0.549. The van der Waals surface area contributed by atoms with E-state index in [0.717, 1.165) is 13.0 Å². The number of aliphatic imine (C=N–C) groups is 1. The van der Waals surface area contributed by atoms with Gasteiger partial charge in [0.2, 0.25) is 0 Å². The van der Waals surface area contributed by atoms with E-state index in [9.17, 15) is 0 Å². The molecule has 0 fully saturated rings. The Kier molecular flexibility index (Phi) is 4.12. The molecule has 1 aliphatic heterocycles. The standard InChI is InChI=1S/C10H17NO2/c1-3-9-13-10(12-4-2)5-7-11-8-6-10/h5,7-8H,3-4,6,9H2,1-2H3. The Balaban J connectivity index is 2.53. The first kappa shape index (κ1) is 10.4. The zero-order valence-electron chi connectivity index (χ0n) is 8.32. The summed E-state index contributed by atoms with van der Waals surface area (Å²) in [7, 11) is 0. The normalized spacial score (nSPS) is 26.6. The molecule has 0 aromatic carbocycles. The Bertz CT molecular complexity index is 201. The maximum atomic E-state index is 5.66. The monoisotopic (exact) mass is 183 g/mol. The second-order valence-electron chi connectivity index (χ2n) is 2.94. The molecule has 0 aromatic rings. The minimum atomic E-state index is -0.549. The quantitative estimate of drug-likeness (QED) is 0.611. The van der Waals surface area contributed by atoms with Crippen molar-refractivity contribution in [3.05, 3.63) is 12.3 Å². The minimum absolute atomic E-state index is 0.549. The second kappa shape index (κ2) is 5.14. The summed E-state index contributed by atoms with van der Waals surface area (Å²) < 4.78 is 11.2. The molecule has 0 saturated carbocycles. The van der Waals surface area contributed by atoms with E-state index in [2.05, 4.69) is 11.9 Å². The van der Waals surface area contributed by atoms with Gasteiger partial charge in [0, 0.05) is 25.4 Å². The number of ether oxygens (including phenoxy) is 2. The van der Waals surface area contributed by atoms with E-state index in [1.165, 1.54) is 0 Å². The summed E-state index contributed by atoms with van der Waals surface area (Å²) in [5, 5.41) is 0. The van der Waals surface area contributed by atoms with Crippen molar-refractivity contribution in [2.24, 2.45) is 4.99 Å². The van der Waals surface area contributed by atoms with E-state index < -0.39 is 5.79 Å². The Labute approximate surface area is 79.5 Å². The third-order valence-corrected chi connectivity index (χ3v) is 1.83. The molecule has 0 spiro atoms. The van der Waals surface area contributed by atoms with Crippen LogP contribution in [-0.4, -0.2) is 25.2 Å². The molecule has 3 heteroatoms. The molecule has 1 aliphatic rings. The van der Waals surface area contributed by atoms with Crippen LogP contribution >= 0.6 is 0 Å². The van der Waals surface area contributed by atoms with Gasteiger partial charge in [0.15, 0.2) is 5.79 Å². The van der Waals surface area contributed by atoms with Crippen molar-refractivity contribution in [1.82, 2.24) is 0 Å². The van der Waals surface area contributed by atoms with Crippen LogP contribution in [0.25, 0.3) is 0 Å². The molecule has 13 heavy (non-hydrogen) atoms. The zero-order chi connectivity index (χ0) is 9.57. The lowest BCUT2D eigenvalue weighted by molar-refractivity contribution is -0.196. The Hall–Kier alpha value is -0.670. The van der Waals surface area contributed by atoms with Gasteiger partial charge in [-0.3, -0.25) is 4.99 Å². The first-order valence-corrected chi connectivity index (χ1v) is 4.80. The summed E-state index contributed by atoms with van der Waals surface area (Å²) in [5.41, 5.74) is 0. The first-order valence-electron chi connectivity index (χ1n) is 4.80. The summed E-state index contributed by atoms with van der Waals surface area (Å²) in [6.07, 6.45) is 7.14. The van der Waals surface area contributed by atoms with Crippen molar-refractivity contribution < 1.29 is 9.47 Å². The van der Waals surface area contributed by atoms with E-state index >= 15 is 0 Å². The molecule has 1 atom stereocenters. The van der Waals surface area contributed by atoms with Gasteiger partial charge in [-0.25, -0.2) is 0 Å². The van der Waals surface area contributed by atoms with Crippen LogP contribution in [0.2, 0.25) is 0 Å². The van der Waals surface area contributed by atoms with Crippen LogP contribution < -0.4 is 0 Å². The number of hydrogen-bond acceptors (Lipinski definition) is 3. The van der Waals surface area contributed by atoms with Gasteiger partial charge in [-0.1, -0.05) is 6.92 Å². The highest BCUT2D eigenvalue weighted by Gasteiger charge is 2.28. The van der Waals surface area contributed by atoms with Crippen LogP contribution in [0.3, 0.4) is 0 Å². The molecule has 0 saturated heterocycles. The fourth-order valence-electron chi connectivity index (χ4n) is 1.24. The van der Waals surface area contributed by atoms with Gasteiger partial charge < -0.3 is 9.47 Å². The maximum Gasteiger partial charge on any atom is 0.194 e. The molecule has 1 rings (SSSR count).